The predicted molar refractivity (Wildman–Crippen MR) is 253 cm³/mol. The third-order valence-corrected chi connectivity index (χ3v) is 10.6. The molecule has 0 saturated heterocycles. The third kappa shape index (κ3) is 11.9. The van der Waals surface area contributed by atoms with Crippen LogP contribution >= 0.6 is 0 Å². The Morgan fingerprint density at radius 2 is 0.574 bits per heavy atom. The van der Waals surface area contributed by atoms with Gasteiger partial charge in [-0.2, -0.15) is 0 Å². The molecule has 0 heterocycles. The van der Waals surface area contributed by atoms with Crippen molar-refractivity contribution in [1.29, 1.82) is 0 Å². The molecule has 0 amide bonds. The molecule has 0 atom stereocenters. The molecule has 0 heteroatoms. The van der Waals surface area contributed by atoms with Crippen LogP contribution in [0.25, 0.3) is 21.5 Å². The van der Waals surface area contributed by atoms with Gasteiger partial charge in [-0.1, -0.05) is 155 Å². The lowest BCUT2D eigenvalue weighted by molar-refractivity contribution is 1.10. The van der Waals surface area contributed by atoms with E-state index in [4.69, 9.17) is 0 Å². The van der Waals surface area contributed by atoms with Crippen LogP contribution in [0.3, 0.4) is 0 Å². The quantitative estimate of drug-likeness (QED) is 0.170. The minimum atomic E-state index is 0. The van der Waals surface area contributed by atoms with Gasteiger partial charge in [0.15, 0.2) is 0 Å². The summed E-state index contributed by atoms with van der Waals surface area (Å²) in [5.74, 6) is 0. The van der Waals surface area contributed by atoms with Crippen molar-refractivity contribution < 1.29 is 0 Å². The van der Waals surface area contributed by atoms with Gasteiger partial charge in [-0.15, -0.1) is 0 Å². The standard InChI is InChI=1S/C27H28.C17H20.4C2H6.2CH4/c1-16-18(3)22-11-7-9-13-24(22)26(20(16)5)15-27-21(6)17(2)19(4)23-12-8-10-14-25(23)27;1-12-7-5-9-16(14(12)3)11-17-10-6-8-13(2)15(17)4;4*1-2;;/h7-14H,15H2,1-6H3;5-10H,11H2,1-4H3;4*1-2H3;2*1H4. The second-order valence-corrected chi connectivity index (χ2v) is 12.9. The van der Waals surface area contributed by atoms with Gasteiger partial charge < -0.3 is 0 Å². The summed E-state index contributed by atoms with van der Waals surface area (Å²) >= 11 is 0. The van der Waals surface area contributed by atoms with Gasteiger partial charge in [0.25, 0.3) is 0 Å². The molecular formula is C54H80. The van der Waals surface area contributed by atoms with Gasteiger partial charge in [0.2, 0.25) is 0 Å². The molecule has 296 valence electrons. The summed E-state index contributed by atoms with van der Waals surface area (Å²) in [7, 11) is 0. The number of aryl methyl sites for hydroxylation is 4. The summed E-state index contributed by atoms with van der Waals surface area (Å²) in [6.45, 7) is 38.4. The van der Waals surface area contributed by atoms with Crippen molar-refractivity contribution in [2.45, 2.75) is 152 Å². The Morgan fingerprint density at radius 3 is 0.889 bits per heavy atom. The van der Waals surface area contributed by atoms with Crippen LogP contribution in [0.1, 0.15) is 148 Å². The van der Waals surface area contributed by atoms with Crippen molar-refractivity contribution in [2.75, 3.05) is 0 Å². The smallest absolute Gasteiger partial charge is 0.000799 e. The van der Waals surface area contributed by atoms with Crippen molar-refractivity contribution in [3.63, 3.8) is 0 Å². The second kappa shape index (κ2) is 25.8. The zero-order valence-electron chi connectivity index (χ0n) is 36.5. The maximum atomic E-state index is 2.29. The van der Waals surface area contributed by atoms with Gasteiger partial charge in [0, 0.05) is 0 Å². The minimum Gasteiger partial charge on any atom is -0.0776 e. The lowest BCUT2D eigenvalue weighted by Gasteiger charge is -2.21. The topological polar surface area (TPSA) is 0 Å². The molecule has 6 rings (SSSR count). The number of fused-ring (bicyclic) bond motifs is 2. The van der Waals surface area contributed by atoms with Gasteiger partial charge in [-0.3, -0.25) is 0 Å². The molecule has 0 spiro atoms. The monoisotopic (exact) mass is 729 g/mol. The molecule has 0 nitrogen and oxygen atoms in total. The summed E-state index contributed by atoms with van der Waals surface area (Å²) in [6.07, 6.45) is 2.03. The van der Waals surface area contributed by atoms with Crippen LogP contribution in [0.15, 0.2) is 84.9 Å². The SMILES string of the molecule is C.C.CC.CC.CC.CC.Cc1c(C)c(Cc2c(C)c(C)c(C)c3ccccc23)c2ccccc2c1C.Cc1cccc(Cc2cccc(C)c2C)c1C. The van der Waals surface area contributed by atoms with E-state index < -0.39 is 0 Å². The molecule has 0 fully saturated rings. The van der Waals surface area contributed by atoms with Crippen LogP contribution in [0.5, 0.6) is 0 Å². The number of hydrogen-bond acceptors (Lipinski definition) is 0. The zero-order chi connectivity index (χ0) is 39.7. The third-order valence-electron chi connectivity index (χ3n) is 10.6. The van der Waals surface area contributed by atoms with E-state index >= 15 is 0 Å². The van der Waals surface area contributed by atoms with Gasteiger partial charge in [0.05, 0.1) is 0 Å². The average Bonchev–Trinajstić information content (AvgIpc) is 3.19. The van der Waals surface area contributed by atoms with E-state index in [2.05, 4.69) is 154 Å². The lowest BCUT2D eigenvalue weighted by atomic mass is 9.84. The van der Waals surface area contributed by atoms with Crippen LogP contribution in [0.2, 0.25) is 0 Å². The summed E-state index contributed by atoms with van der Waals surface area (Å²) in [6, 6.07) is 30.9. The van der Waals surface area contributed by atoms with Gasteiger partial charge in [0.1, 0.15) is 0 Å². The van der Waals surface area contributed by atoms with Crippen LogP contribution in [-0.2, 0) is 12.8 Å². The maximum absolute atomic E-state index is 2.29. The Morgan fingerprint density at radius 1 is 0.278 bits per heavy atom. The summed E-state index contributed by atoms with van der Waals surface area (Å²) in [5, 5.41) is 5.59. The lowest BCUT2D eigenvalue weighted by Crippen LogP contribution is -2.03. The molecule has 0 aromatic heterocycles. The van der Waals surface area contributed by atoms with Gasteiger partial charge in [-0.05, 0) is 182 Å². The van der Waals surface area contributed by atoms with Crippen molar-refractivity contribution in [3.8, 4) is 0 Å². The predicted octanol–water partition coefficient (Wildman–Crippen LogP) is 17.3. The highest BCUT2D eigenvalue weighted by atomic mass is 14.2. The molecular weight excluding hydrogens is 649 g/mol. The minimum absolute atomic E-state index is 0. The Balaban J connectivity index is 0. The largest absolute Gasteiger partial charge is 0.0776 e. The highest BCUT2D eigenvalue weighted by molar-refractivity contribution is 5.94. The molecule has 0 N–H and O–H groups in total. The first-order chi connectivity index (χ1) is 25.0. The Labute approximate surface area is 335 Å². The number of benzene rings is 6. The summed E-state index contributed by atoms with van der Waals surface area (Å²) in [4.78, 5) is 0. The fourth-order valence-corrected chi connectivity index (χ4v) is 6.81. The average molecular weight is 729 g/mol. The van der Waals surface area contributed by atoms with E-state index in [-0.39, 0.29) is 14.9 Å². The van der Waals surface area contributed by atoms with E-state index in [1.165, 1.54) is 99.4 Å². The van der Waals surface area contributed by atoms with Crippen LogP contribution in [0.4, 0.5) is 0 Å². The normalized spacial score (nSPS) is 9.52. The molecule has 0 aliphatic carbocycles. The highest BCUT2D eigenvalue weighted by Crippen LogP contribution is 2.35. The Hall–Kier alpha value is -4.16. The summed E-state index contributed by atoms with van der Waals surface area (Å²) < 4.78 is 0. The van der Waals surface area contributed by atoms with Crippen molar-refractivity contribution >= 4 is 21.5 Å². The summed E-state index contributed by atoms with van der Waals surface area (Å²) in [5.41, 5.74) is 20.0. The fourth-order valence-electron chi connectivity index (χ4n) is 6.81. The number of rotatable bonds is 4. The van der Waals surface area contributed by atoms with Crippen molar-refractivity contribution in [3.05, 3.63) is 163 Å². The molecule has 6 aromatic carbocycles. The Bertz CT molecular complexity index is 1860. The van der Waals surface area contributed by atoms with Crippen LogP contribution < -0.4 is 0 Å². The molecule has 0 bridgehead atoms. The maximum Gasteiger partial charge on any atom is -0.000799 e. The molecule has 0 radical (unpaired) electrons. The van der Waals surface area contributed by atoms with E-state index in [1.54, 1.807) is 0 Å². The van der Waals surface area contributed by atoms with Gasteiger partial charge in [-0.25, -0.2) is 0 Å². The molecule has 6 aromatic rings. The molecule has 0 unspecified atom stereocenters. The van der Waals surface area contributed by atoms with Crippen LogP contribution in [0, 0.1) is 69.2 Å². The first kappa shape index (κ1) is 51.9. The zero-order valence-corrected chi connectivity index (χ0v) is 36.5. The van der Waals surface area contributed by atoms with E-state index in [0.29, 0.717) is 0 Å². The van der Waals surface area contributed by atoms with E-state index in [0.717, 1.165) is 12.8 Å². The second-order valence-electron chi connectivity index (χ2n) is 12.9. The first-order valence-electron chi connectivity index (χ1n) is 20.1. The molecule has 0 aliphatic heterocycles. The van der Waals surface area contributed by atoms with Crippen molar-refractivity contribution in [1.82, 2.24) is 0 Å². The molecule has 54 heavy (non-hydrogen) atoms. The van der Waals surface area contributed by atoms with Crippen molar-refractivity contribution in [2.24, 2.45) is 0 Å². The van der Waals surface area contributed by atoms with Crippen LogP contribution in [-0.4, -0.2) is 0 Å². The molecule has 0 aliphatic rings. The van der Waals surface area contributed by atoms with Gasteiger partial charge >= 0.3 is 0 Å². The first-order valence-corrected chi connectivity index (χ1v) is 20.1. The highest BCUT2D eigenvalue weighted by Gasteiger charge is 2.17. The van der Waals surface area contributed by atoms with E-state index in [9.17, 15) is 0 Å². The molecule has 0 saturated carbocycles. The number of hydrogen-bond donors (Lipinski definition) is 0. The Kier molecular flexibility index (Phi) is 24.8. The van der Waals surface area contributed by atoms with E-state index in [1.807, 2.05) is 55.4 Å². The fraction of sp³-hybridized carbons (Fsp3) is 0.407.